The number of rotatable bonds is 2. The molecular weight excluding hydrogens is 336 g/mol. The Hall–Kier alpha value is -2.93. The lowest BCUT2D eigenvalue weighted by Gasteiger charge is -2.25. The molecule has 6 nitrogen and oxygen atoms in total. The molecule has 0 atom stereocenters. The van der Waals surface area contributed by atoms with Gasteiger partial charge in [0.25, 0.3) is 5.91 Å². The van der Waals surface area contributed by atoms with Gasteiger partial charge >= 0.3 is 0 Å². The summed E-state index contributed by atoms with van der Waals surface area (Å²) in [6, 6.07) is 7.83. The van der Waals surface area contributed by atoms with Crippen LogP contribution in [0.5, 0.6) is 0 Å². The lowest BCUT2D eigenvalue weighted by molar-refractivity contribution is 0.0729. The molecule has 0 radical (unpaired) electrons. The molecule has 1 aliphatic rings. The number of amides is 1. The van der Waals surface area contributed by atoms with E-state index in [2.05, 4.69) is 10.1 Å². The van der Waals surface area contributed by atoms with Crippen molar-refractivity contribution >= 4 is 22.8 Å². The van der Waals surface area contributed by atoms with Crippen molar-refractivity contribution in [3.05, 3.63) is 64.4 Å². The fourth-order valence-corrected chi connectivity index (χ4v) is 3.80. The van der Waals surface area contributed by atoms with Gasteiger partial charge in [0.1, 0.15) is 17.1 Å². The summed E-state index contributed by atoms with van der Waals surface area (Å²) in [5.41, 5.74) is 6.00. The van der Waals surface area contributed by atoms with Gasteiger partial charge < -0.3 is 13.8 Å². The Morgan fingerprint density at radius 2 is 2.28 bits per heavy atom. The number of thiazole rings is 1. The van der Waals surface area contributed by atoms with E-state index in [1.165, 1.54) is 11.3 Å². The van der Waals surface area contributed by atoms with Crippen molar-refractivity contribution in [3.8, 4) is 11.4 Å². The summed E-state index contributed by atoms with van der Waals surface area (Å²) in [5, 5.41) is 6.11. The molecule has 0 N–H and O–H groups in total. The van der Waals surface area contributed by atoms with E-state index in [1.807, 2.05) is 51.3 Å². The van der Waals surface area contributed by atoms with Crippen LogP contribution in [0.2, 0.25) is 0 Å². The molecular formula is C18H14N4O2S. The molecule has 5 heterocycles. The molecule has 1 aliphatic heterocycles. The third kappa shape index (κ3) is 2.35. The Morgan fingerprint density at radius 1 is 1.32 bits per heavy atom. The number of fused-ring (bicyclic) bond motifs is 2. The quantitative estimate of drug-likeness (QED) is 0.557. The molecule has 0 spiro atoms. The molecule has 0 bridgehead atoms. The number of pyridine rings is 1. The van der Waals surface area contributed by atoms with E-state index in [-0.39, 0.29) is 5.91 Å². The van der Waals surface area contributed by atoms with Crippen LogP contribution in [0.15, 0.2) is 52.1 Å². The van der Waals surface area contributed by atoms with Gasteiger partial charge in [0.05, 0.1) is 17.6 Å². The Morgan fingerprint density at radius 3 is 3.12 bits per heavy atom. The van der Waals surface area contributed by atoms with E-state index in [0.29, 0.717) is 25.1 Å². The fourth-order valence-electron chi connectivity index (χ4n) is 3.27. The van der Waals surface area contributed by atoms with Crippen LogP contribution in [0.25, 0.3) is 16.9 Å². The first-order valence-electron chi connectivity index (χ1n) is 8.01. The monoisotopic (exact) mass is 350 g/mol. The minimum Gasteiger partial charge on any atom is -0.360 e. The number of hydrogen-bond donors (Lipinski definition) is 0. The Bertz CT molecular complexity index is 1030. The van der Waals surface area contributed by atoms with Gasteiger partial charge in [-0.25, -0.2) is 4.98 Å². The van der Waals surface area contributed by atoms with Crippen molar-refractivity contribution < 1.29 is 9.32 Å². The first-order valence-corrected chi connectivity index (χ1v) is 8.96. The normalized spacial score (nSPS) is 14.0. The lowest BCUT2D eigenvalue weighted by atomic mass is 10.0. The molecule has 25 heavy (non-hydrogen) atoms. The van der Waals surface area contributed by atoms with Crippen LogP contribution >= 0.6 is 11.3 Å². The first kappa shape index (κ1) is 14.4. The molecule has 5 rings (SSSR count). The van der Waals surface area contributed by atoms with E-state index in [4.69, 9.17) is 4.52 Å². The zero-order chi connectivity index (χ0) is 16.8. The van der Waals surface area contributed by atoms with Crippen LogP contribution in [0.3, 0.4) is 0 Å². The summed E-state index contributed by atoms with van der Waals surface area (Å²) in [6.45, 7) is 1.13. The molecule has 0 fully saturated rings. The number of nitrogens with zero attached hydrogens (tertiary/aromatic N) is 4. The SMILES string of the molecule is O=C(c1cc2ccccn2c1)N1CCc2onc(-c3cscn3)c2C1. The smallest absolute Gasteiger partial charge is 0.255 e. The average molecular weight is 350 g/mol. The highest BCUT2D eigenvalue weighted by Gasteiger charge is 2.29. The molecule has 1 amide bonds. The summed E-state index contributed by atoms with van der Waals surface area (Å²) in [5.74, 6) is 0.883. The Balaban J connectivity index is 1.47. The third-order valence-corrected chi connectivity index (χ3v) is 5.13. The second kappa shape index (κ2) is 5.56. The van der Waals surface area contributed by atoms with Crippen LogP contribution < -0.4 is 0 Å². The van der Waals surface area contributed by atoms with Crippen LogP contribution in [-0.4, -0.2) is 31.9 Å². The zero-order valence-electron chi connectivity index (χ0n) is 13.3. The minimum atomic E-state index is 0.0276. The van der Waals surface area contributed by atoms with E-state index in [9.17, 15) is 4.79 Å². The molecule has 124 valence electrons. The number of hydrogen-bond acceptors (Lipinski definition) is 5. The number of carbonyl (C=O) groups excluding carboxylic acids is 1. The van der Waals surface area contributed by atoms with Crippen molar-refractivity contribution in [3.63, 3.8) is 0 Å². The molecule has 0 unspecified atom stereocenters. The predicted octanol–water partition coefficient (Wildman–Crippen LogP) is 3.25. The second-order valence-corrected chi connectivity index (χ2v) is 6.76. The van der Waals surface area contributed by atoms with Gasteiger partial charge in [0, 0.05) is 41.8 Å². The first-order chi connectivity index (χ1) is 12.3. The lowest BCUT2D eigenvalue weighted by Crippen LogP contribution is -2.35. The maximum Gasteiger partial charge on any atom is 0.255 e. The molecule has 4 aromatic rings. The van der Waals surface area contributed by atoms with E-state index in [0.717, 1.165) is 28.2 Å². The van der Waals surface area contributed by atoms with Crippen LogP contribution in [0.1, 0.15) is 21.7 Å². The van der Waals surface area contributed by atoms with Crippen molar-refractivity contribution in [1.82, 2.24) is 19.4 Å². The van der Waals surface area contributed by atoms with Gasteiger partial charge in [-0.2, -0.15) is 0 Å². The second-order valence-electron chi connectivity index (χ2n) is 6.04. The van der Waals surface area contributed by atoms with E-state index < -0.39 is 0 Å². The molecule has 7 heteroatoms. The van der Waals surface area contributed by atoms with Crippen LogP contribution in [0.4, 0.5) is 0 Å². The summed E-state index contributed by atoms with van der Waals surface area (Å²) in [7, 11) is 0. The number of carbonyl (C=O) groups is 1. The largest absolute Gasteiger partial charge is 0.360 e. The van der Waals surface area contributed by atoms with Crippen molar-refractivity contribution in [2.75, 3.05) is 6.54 Å². The fraction of sp³-hybridized carbons (Fsp3) is 0.167. The molecule has 4 aromatic heterocycles. The van der Waals surface area contributed by atoms with Gasteiger partial charge in [0.2, 0.25) is 0 Å². The Kier molecular flexibility index (Phi) is 3.21. The highest BCUT2D eigenvalue weighted by atomic mass is 32.1. The van der Waals surface area contributed by atoms with Gasteiger partial charge in [-0.05, 0) is 18.2 Å². The molecule has 0 saturated carbocycles. The average Bonchev–Trinajstić information content (AvgIpc) is 3.37. The highest BCUT2D eigenvalue weighted by Crippen LogP contribution is 2.30. The minimum absolute atomic E-state index is 0.0276. The van der Waals surface area contributed by atoms with Crippen molar-refractivity contribution in [1.29, 1.82) is 0 Å². The topological polar surface area (TPSA) is 63.6 Å². The standard InChI is InChI=1S/C18H14N4O2S/c23-18(12-7-13-3-1-2-5-21(13)8-12)22-6-4-16-14(9-22)17(20-24-16)15-10-25-11-19-15/h1-3,5,7-8,10-11H,4,6,9H2. The zero-order valence-corrected chi connectivity index (χ0v) is 14.1. The molecule has 0 aromatic carbocycles. The van der Waals surface area contributed by atoms with E-state index >= 15 is 0 Å². The maximum atomic E-state index is 12.9. The summed E-state index contributed by atoms with van der Waals surface area (Å²) in [4.78, 5) is 19.1. The highest BCUT2D eigenvalue weighted by molar-refractivity contribution is 7.07. The van der Waals surface area contributed by atoms with Crippen molar-refractivity contribution in [2.24, 2.45) is 0 Å². The van der Waals surface area contributed by atoms with Crippen LogP contribution in [0, 0.1) is 0 Å². The summed E-state index contributed by atoms with van der Waals surface area (Å²) in [6.07, 6.45) is 4.49. The summed E-state index contributed by atoms with van der Waals surface area (Å²) >= 11 is 1.52. The number of aromatic nitrogens is 3. The molecule has 0 saturated heterocycles. The van der Waals surface area contributed by atoms with Gasteiger partial charge in [0.15, 0.2) is 0 Å². The van der Waals surface area contributed by atoms with Crippen molar-refractivity contribution in [2.45, 2.75) is 13.0 Å². The predicted molar refractivity (Wildman–Crippen MR) is 93.5 cm³/mol. The Labute approximate surface area is 147 Å². The maximum absolute atomic E-state index is 12.9. The third-order valence-electron chi connectivity index (χ3n) is 4.54. The van der Waals surface area contributed by atoms with E-state index in [1.54, 1.807) is 5.51 Å². The van der Waals surface area contributed by atoms with Gasteiger partial charge in [-0.3, -0.25) is 4.79 Å². The van der Waals surface area contributed by atoms with Gasteiger partial charge in [-0.1, -0.05) is 11.2 Å². The summed E-state index contributed by atoms with van der Waals surface area (Å²) < 4.78 is 7.43. The van der Waals surface area contributed by atoms with Gasteiger partial charge in [-0.15, -0.1) is 11.3 Å². The molecule has 0 aliphatic carbocycles. The van der Waals surface area contributed by atoms with Crippen LogP contribution in [-0.2, 0) is 13.0 Å².